The molecular weight excluding hydrogens is 141 g/mol. The van der Waals surface area contributed by atoms with Gasteiger partial charge in [-0.1, -0.05) is 6.58 Å². The predicted molar refractivity (Wildman–Crippen MR) is 34.7 cm³/mol. The van der Waals surface area contributed by atoms with Gasteiger partial charge in [0.05, 0.1) is 12.9 Å². The van der Waals surface area contributed by atoms with Crippen LogP contribution in [0.1, 0.15) is 6.92 Å². The van der Waals surface area contributed by atoms with Gasteiger partial charge in [0.2, 0.25) is 0 Å². The lowest BCUT2D eigenvalue weighted by Crippen LogP contribution is -1.99. The molecule has 0 saturated carbocycles. The van der Waals surface area contributed by atoms with Gasteiger partial charge in [0.1, 0.15) is 0 Å². The minimum Gasteiger partial charge on any atom is -0.422 e. The molecule has 0 aliphatic carbocycles. The summed E-state index contributed by atoms with van der Waals surface area (Å²) in [4.78, 5) is 0. The molecule has 0 radical (unpaired) electrons. The van der Waals surface area contributed by atoms with Crippen molar-refractivity contribution in [3.05, 3.63) is 12.8 Å². The molecule has 0 saturated heterocycles. The molecule has 0 fully saturated rings. The van der Waals surface area contributed by atoms with Gasteiger partial charge in [-0.15, -0.1) is 0 Å². The molecule has 0 aliphatic heterocycles. The molecule has 0 heterocycles. The van der Waals surface area contributed by atoms with Crippen LogP contribution < -0.4 is 5.50 Å². The van der Waals surface area contributed by atoms with Crippen molar-refractivity contribution >= 4 is 7.75 Å². The highest BCUT2D eigenvalue weighted by Gasteiger charge is 2.14. The zero-order chi connectivity index (χ0) is 7.33. The van der Waals surface area contributed by atoms with Gasteiger partial charge < -0.3 is 4.52 Å². The van der Waals surface area contributed by atoms with Gasteiger partial charge in [-0.05, 0) is 6.92 Å². The zero-order valence-corrected chi connectivity index (χ0v) is 6.14. The first kappa shape index (κ1) is 8.69. The van der Waals surface area contributed by atoms with Gasteiger partial charge in [-0.3, -0.25) is 4.52 Å². The third kappa shape index (κ3) is 4.21. The molecule has 54 valence electrons. The molecule has 1 atom stereocenters. The number of hydrogen-bond acceptors (Lipinski definition) is 3. The lowest BCUT2D eigenvalue weighted by molar-refractivity contribution is 0.263. The van der Waals surface area contributed by atoms with E-state index in [-0.39, 0.29) is 6.61 Å². The second kappa shape index (κ2) is 3.67. The smallest absolute Gasteiger partial charge is 0.422 e. The second-order valence-electron chi connectivity index (χ2n) is 1.23. The first-order chi connectivity index (χ1) is 4.12. The van der Waals surface area contributed by atoms with Crippen LogP contribution in [0.2, 0.25) is 0 Å². The van der Waals surface area contributed by atoms with Gasteiger partial charge in [0.25, 0.3) is 0 Å². The van der Waals surface area contributed by atoms with Gasteiger partial charge in [-0.2, -0.15) is 0 Å². The summed E-state index contributed by atoms with van der Waals surface area (Å²) in [6, 6.07) is 0. The quantitative estimate of drug-likeness (QED) is 0.485. The Hall–Kier alpha value is -0.310. The van der Waals surface area contributed by atoms with E-state index in [2.05, 4.69) is 15.6 Å². The van der Waals surface area contributed by atoms with Crippen LogP contribution in [0.15, 0.2) is 12.8 Å². The van der Waals surface area contributed by atoms with E-state index in [1.165, 1.54) is 0 Å². The predicted octanol–water partition coefficient (Wildman–Crippen LogP) is 1.25. The van der Waals surface area contributed by atoms with Crippen LogP contribution in [0.5, 0.6) is 0 Å². The van der Waals surface area contributed by atoms with Gasteiger partial charge in [0, 0.05) is 0 Å². The van der Waals surface area contributed by atoms with Gasteiger partial charge in [0.15, 0.2) is 0 Å². The van der Waals surface area contributed by atoms with Crippen LogP contribution in [0.3, 0.4) is 0 Å². The lowest BCUT2D eigenvalue weighted by Gasteiger charge is -2.08. The molecule has 0 aromatic rings. The maximum Gasteiger partial charge on any atom is 0.455 e. The van der Waals surface area contributed by atoms with E-state index < -0.39 is 7.75 Å². The Bertz CT molecular complexity index is 136. The minimum absolute atomic E-state index is 0.265. The van der Waals surface area contributed by atoms with Crippen molar-refractivity contribution in [2.75, 3.05) is 6.61 Å². The Morgan fingerprint density at radius 2 is 2.44 bits per heavy atom. The topological polar surface area (TPSA) is 61.5 Å². The molecular formula is C4H10NO3P. The summed E-state index contributed by atoms with van der Waals surface area (Å²) in [7, 11) is -3.31. The Morgan fingerprint density at radius 3 is 2.78 bits per heavy atom. The average molecular weight is 151 g/mol. The van der Waals surface area contributed by atoms with E-state index >= 15 is 0 Å². The summed E-state index contributed by atoms with van der Waals surface area (Å²) < 4.78 is 19.5. The normalized spacial score (nSPS) is 16.2. The van der Waals surface area contributed by atoms with Crippen LogP contribution >= 0.6 is 7.75 Å². The van der Waals surface area contributed by atoms with Crippen LogP contribution in [0, 0.1) is 0 Å². The molecule has 0 amide bonds. The molecule has 0 aromatic carbocycles. The van der Waals surface area contributed by atoms with Crippen molar-refractivity contribution < 1.29 is 13.6 Å². The van der Waals surface area contributed by atoms with E-state index in [0.29, 0.717) is 0 Å². The Kier molecular flexibility index (Phi) is 3.54. The lowest BCUT2D eigenvalue weighted by atomic mass is 10.9. The molecule has 0 spiro atoms. The number of nitrogens with two attached hydrogens (primary N) is 1. The summed E-state index contributed by atoms with van der Waals surface area (Å²) in [6.07, 6.45) is 0.996. The molecule has 0 aromatic heterocycles. The fourth-order valence-electron chi connectivity index (χ4n) is 0.314. The van der Waals surface area contributed by atoms with Crippen molar-refractivity contribution in [1.29, 1.82) is 0 Å². The molecule has 4 nitrogen and oxygen atoms in total. The zero-order valence-electron chi connectivity index (χ0n) is 5.24. The summed E-state index contributed by atoms with van der Waals surface area (Å²) in [5.74, 6) is 0. The molecule has 0 bridgehead atoms. The van der Waals surface area contributed by atoms with Crippen molar-refractivity contribution in [1.82, 2.24) is 0 Å². The highest BCUT2D eigenvalue weighted by Crippen LogP contribution is 2.38. The Labute approximate surface area is 54.2 Å². The Balaban J connectivity index is 3.71. The maximum atomic E-state index is 10.7. The van der Waals surface area contributed by atoms with E-state index in [1.54, 1.807) is 6.92 Å². The first-order valence-corrected chi connectivity index (χ1v) is 4.06. The monoisotopic (exact) mass is 151 g/mol. The van der Waals surface area contributed by atoms with E-state index in [1.807, 2.05) is 0 Å². The molecule has 1 unspecified atom stereocenters. The van der Waals surface area contributed by atoms with Crippen LogP contribution in [-0.4, -0.2) is 6.61 Å². The Morgan fingerprint density at radius 1 is 1.89 bits per heavy atom. The summed E-state index contributed by atoms with van der Waals surface area (Å²) in [6.45, 7) is 5.11. The number of rotatable bonds is 4. The van der Waals surface area contributed by atoms with Gasteiger partial charge in [-0.25, -0.2) is 10.1 Å². The first-order valence-electron chi connectivity index (χ1n) is 2.45. The van der Waals surface area contributed by atoms with Crippen molar-refractivity contribution in [3.63, 3.8) is 0 Å². The van der Waals surface area contributed by atoms with Crippen LogP contribution in [-0.2, 0) is 13.6 Å². The highest BCUT2D eigenvalue weighted by molar-refractivity contribution is 7.51. The summed E-state index contributed by atoms with van der Waals surface area (Å²) >= 11 is 0. The van der Waals surface area contributed by atoms with E-state index in [9.17, 15) is 4.57 Å². The summed E-state index contributed by atoms with van der Waals surface area (Å²) in [5.41, 5.74) is 4.98. The number of hydrogen-bond donors (Lipinski definition) is 1. The summed E-state index contributed by atoms with van der Waals surface area (Å²) in [5, 5.41) is 0. The van der Waals surface area contributed by atoms with E-state index in [4.69, 9.17) is 5.50 Å². The molecule has 0 aliphatic rings. The molecule has 5 heteroatoms. The minimum atomic E-state index is -3.31. The van der Waals surface area contributed by atoms with Crippen molar-refractivity contribution in [2.24, 2.45) is 5.50 Å². The molecule has 9 heavy (non-hydrogen) atoms. The second-order valence-corrected chi connectivity index (χ2v) is 2.78. The van der Waals surface area contributed by atoms with Gasteiger partial charge >= 0.3 is 7.75 Å². The third-order valence-corrected chi connectivity index (χ3v) is 1.59. The molecule has 2 N–H and O–H groups in total. The van der Waals surface area contributed by atoms with Crippen LogP contribution in [0.4, 0.5) is 0 Å². The van der Waals surface area contributed by atoms with E-state index in [0.717, 1.165) is 6.26 Å². The fourth-order valence-corrected chi connectivity index (χ4v) is 0.943. The average Bonchev–Trinajstić information content (AvgIpc) is 1.64. The highest BCUT2D eigenvalue weighted by atomic mass is 31.2. The van der Waals surface area contributed by atoms with Crippen molar-refractivity contribution in [2.45, 2.75) is 6.92 Å². The maximum absolute atomic E-state index is 10.7. The SMILES string of the molecule is C=COP(N)(=O)OCC. The third-order valence-electron chi connectivity index (χ3n) is 0.531. The van der Waals surface area contributed by atoms with Crippen molar-refractivity contribution in [3.8, 4) is 0 Å². The fraction of sp³-hybridized carbons (Fsp3) is 0.500. The molecule has 0 rings (SSSR count). The van der Waals surface area contributed by atoms with Crippen LogP contribution in [0.25, 0.3) is 0 Å². The largest absolute Gasteiger partial charge is 0.455 e. The standard InChI is InChI=1S/C4H10NO3P/c1-3-7-9(5,6)8-4-2/h3H,1,4H2,2H3,(H2,5,6).